The van der Waals surface area contributed by atoms with E-state index < -0.39 is 0 Å². The molecule has 0 heterocycles. The number of fused-ring (bicyclic) bond motifs is 5. The lowest BCUT2D eigenvalue weighted by molar-refractivity contribution is -0.133. The van der Waals surface area contributed by atoms with Crippen LogP contribution in [0.2, 0.25) is 0 Å². The van der Waals surface area contributed by atoms with Gasteiger partial charge in [-0.2, -0.15) is 0 Å². The number of aryl methyl sites for hydroxylation is 1. The van der Waals surface area contributed by atoms with Crippen LogP contribution in [0.15, 0.2) is 42.0 Å². The molecule has 0 aromatic heterocycles. The van der Waals surface area contributed by atoms with Crippen molar-refractivity contribution in [2.75, 3.05) is 0 Å². The Morgan fingerprint density at radius 1 is 0.931 bits per heavy atom. The second kappa shape index (κ2) is 6.93. The zero-order valence-corrected chi connectivity index (χ0v) is 18.0. The molecule has 0 N–H and O–H groups in total. The van der Waals surface area contributed by atoms with Crippen LogP contribution in [0, 0.1) is 34.5 Å². The number of Topliss-reactive ketones (excluding diaryl/α,β-unsaturated/α-hetero) is 1. The van der Waals surface area contributed by atoms with E-state index >= 15 is 0 Å². The third-order valence-corrected chi connectivity index (χ3v) is 9.45. The summed E-state index contributed by atoms with van der Waals surface area (Å²) in [4.78, 5) is 25.1. The lowest BCUT2D eigenvalue weighted by atomic mass is 9.45. The Balaban J connectivity index is 1.48. The van der Waals surface area contributed by atoms with Crippen LogP contribution in [0.3, 0.4) is 0 Å². The molecular weight excluding hydrogens is 356 g/mol. The standard InChI is InChI=1S/C27H34O2/c1-26-14-12-20(28)17-24(26)19(9-8-18-6-4-3-5-7-18)16-21-22-10-11-25(29)27(22,2)15-13-23(21)26/h3-7,17,19,21-23H,8-16H2,1-2H3/t19-,21+,22+,23+,26-,27+/m1/s1. The average molecular weight is 391 g/mol. The molecule has 0 spiro atoms. The number of rotatable bonds is 3. The van der Waals surface area contributed by atoms with E-state index in [1.807, 2.05) is 6.08 Å². The summed E-state index contributed by atoms with van der Waals surface area (Å²) in [6.07, 6.45) is 11.2. The molecule has 29 heavy (non-hydrogen) atoms. The summed E-state index contributed by atoms with van der Waals surface area (Å²) in [5.41, 5.74) is 2.93. The highest BCUT2D eigenvalue weighted by atomic mass is 16.1. The van der Waals surface area contributed by atoms with Crippen LogP contribution in [-0.4, -0.2) is 11.6 Å². The molecule has 0 aliphatic heterocycles. The molecule has 0 radical (unpaired) electrons. The number of carbonyl (C=O) groups excluding carboxylic acids is 2. The number of carbonyl (C=O) groups is 2. The molecule has 0 saturated heterocycles. The Labute approximate surface area is 175 Å². The molecule has 0 bridgehead atoms. The number of allylic oxidation sites excluding steroid dienone is 1. The van der Waals surface area contributed by atoms with Gasteiger partial charge in [0.15, 0.2) is 5.78 Å². The lowest BCUT2D eigenvalue weighted by Crippen LogP contribution is -2.52. The third-order valence-electron chi connectivity index (χ3n) is 9.45. The second-order valence-electron chi connectivity index (χ2n) is 10.7. The normalized spacial score (nSPS) is 41.4. The fourth-order valence-electron chi connectivity index (χ4n) is 7.81. The Kier molecular flexibility index (Phi) is 4.60. The van der Waals surface area contributed by atoms with Gasteiger partial charge in [-0.25, -0.2) is 0 Å². The average Bonchev–Trinajstić information content (AvgIpc) is 3.03. The van der Waals surface area contributed by atoms with E-state index in [1.165, 1.54) is 17.6 Å². The molecule has 3 fully saturated rings. The summed E-state index contributed by atoms with van der Waals surface area (Å²) in [5.74, 6) is 3.20. The molecule has 1 aromatic carbocycles. The van der Waals surface area contributed by atoms with Crippen molar-refractivity contribution >= 4 is 11.6 Å². The first-order chi connectivity index (χ1) is 13.9. The summed E-state index contributed by atoms with van der Waals surface area (Å²) in [6, 6.07) is 10.8. The monoisotopic (exact) mass is 390 g/mol. The van der Waals surface area contributed by atoms with Gasteiger partial charge in [0.05, 0.1) is 0 Å². The van der Waals surface area contributed by atoms with Gasteiger partial charge in [-0.3, -0.25) is 9.59 Å². The van der Waals surface area contributed by atoms with Crippen molar-refractivity contribution in [1.29, 1.82) is 0 Å². The Hall–Kier alpha value is -1.70. The minimum absolute atomic E-state index is 0.0762. The molecule has 0 unspecified atom stereocenters. The smallest absolute Gasteiger partial charge is 0.155 e. The van der Waals surface area contributed by atoms with Gasteiger partial charge in [0, 0.05) is 18.3 Å². The van der Waals surface area contributed by atoms with E-state index in [0.29, 0.717) is 41.7 Å². The van der Waals surface area contributed by atoms with Crippen molar-refractivity contribution < 1.29 is 9.59 Å². The zero-order valence-electron chi connectivity index (χ0n) is 18.0. The first kappa shape index (κ1) is 19.3. The van der Waals surface area contributed by atoms with Crippen LogP contribution in [0.4, 0.5) is 0 Å². The molecular formula is C27H34O2. The van der Waals surface area contributed by atoms with E-state index in [1.54, 1.807) is 0 Å². The van der Waals surface area contributed by atoms with Crippen molar-refractivity contribution in [3.63, 3.8) is 0 Å². The molecule has 6 atom stereocenters. The largest absolute Gasteiger partial charge is 0.299 e. The number of ketones is 2. The predicted molar refractivity (Wildman–Crippen MR) is 115 cm³/mol. The van der Waals surface area contributed by atoms with Crippen molar-refractivity contribution in [2.24, 2.45) is 34.5 Å². The van der Waals surface area contributed by atoms with Crippen molar-refractivity contribution in [1.82, 2.24) is 0 Å². The fraction of sp³-hybridized carbons (Fsp3) is 0.630. The minimum Gasteiger partial charge on any atom is -0.299 e. The van der Waals surface area contributed by atoms with Crippen LogP contribution >= 0.6 is 0 Å². The second-order valence-corrected chi connectivity index (χ2v) is 10.7. The summed E-state index contributed by atoms with van der Waals surface area (Å²) in [6.45, 7) is 4.72. The van der Waals surface area contributed by atoms with Crippen molar-refractivity contribution in [3.05, 3.63) is 47.5 Å². The number of benzene rings is 1. The molecule has 4 aliphatic carbocycles. The van der Waals surface area contributed by atoms with Gasteiger partial charge in [-0.15, -0.1) is 0 Å². The lowest BCUT2D eigenvalue weighted by Gasteiger charge is -2.59. The quantitative estimate of drug-likeness (QED) is 0.639. The summed E-state index contributed by atoms with van der Waals surface area (Å²) in [7, 11) is 0. The fourth-order valence-corrected chi connectivity index (χ4v) is 7.81. The molecule has 4 aliphatic rings. The molecule has 1 aromatic rings. The van der Waals surface area contributed by atoms with Crippen LogP contribution in [0.5, 0.6) is 0 Å². The van der Waals surface area contributed by atoms with E-state index in [4.69, 9.17) is 0 Å². The van der Waals surface area contributed by atoms with E-state index in [-0.39, 0.29) is 10.8 Å². The van der Waals surface area contributed by atoms with Gasteiger partial charge in [-0.05, 0) is 85.7 Å². The maximum atomic E-state index is 12.7. The van der Waals surface area contributed by atoms with Crippen LogP contribution < -0.4 is 0 Å². The van der Waals surface area contributed by atoms with E-state index in [0.717, 1.165) is 44.9 Å². The van der Waals surface area contributed by atoms with Crippen LogP contribution in [-0.2, 0) is 16.0 Å². The minimum atomic E-state index is -0.0762. The number of hydrogen-bond donors (Lipinski definition) is 0. The van der Waals surface area contributed by atoms with Gasteiger partial charge in [0.1, 0.15) is 5.78 Å². The maximum Gasteiger partial charge on any atom is 0.155 e. The van der Waals surface area contributed by atoms with E-state index in [9.17, 15) is 9.59 Å². The SMILES string of the molecule is C[C@]12CCC(=O)C=C1[C@H](CCc1ccccc1)C[C@@H]1[C@@H]2CC[C@]2(C)C(=O)CC[C@@H]12. The van der Waals surface area contributed by atoms with Gasteiger partial charge in [0.25, 0.3) is 0 Å². The Morgan fingerprint density at radius 3 is 2.48 bits per heavy atom. The first-order valence-corrected chi connectivity index (χ1v) is 11.7. The molecule has 2 nitrogen and oxygen atoms in total. The molecule has 2 heteroatoms. The predicted octanol–water partition coefficient (Wildman–Crippen LogP) is 5.95. The number of hydrogen-bond acceptors (Lipinski definition) is 2. The van der Waals surface area contributed by atoms with Gasteiger partial charge >= 0.3 is 0 Å². The van der Waals surface area contributed by atoms with Crippen molar-refractivity contribution in [2.45, 2.75) is 71.6 Å². The Bertz CT molecular complexity index is 853. The summed E-state index contributed by atoms with van der Waals surface area (Å²) >= 11 is 0. The molecule has 154 valence electrons. The zero-order chi connectivity index (χ0) is 20.2. The molecule has 3 saturated carbocycles. The van der Waals surface area contributed by atoms with Crippen molar-refractivity contribution in [3.8, 4) is 0 Å². The maximum absolute atomic E-state index is 12.7. The van der Waals surface area contributed by atoms with E-state index in [2.05, 4.69) is 44.2 Å². The first-order valence-electron chi connectivity index (χ1n) is 11.7. The summed E-state index contributed by atoms with van der Waals surface area (Å²) < 4.78 is 0. The van der Waals surface area contributed by atoms with Crippen LogP contribution in [0.1, 0.15) is 70.8 Å². The molecule has 0 amide bonds. The van der Waals surface area contributed by atoms with Crippen LogP contribution in [0.25, 0.3) is 0 Å². The van der Waals surface area contributed by atoms with Gasteiger partial charge in [0.2, 0.25) is 0 Å². The summed E-state index contributed by atoms with van der Waals surface area (Å²) in [5, 5.41) is 0. The van der Waals surface area contributed by atoms with Gasteiger partial charge in [-0.1, -0.05) is 49.8 Å². The highest BCUT2D eigenvalue weighted by Crippen LogP contribution is 2.65. The topological polar surface area (TPSA) is 34.1 Å². The van der Waals surface area contributed by atoms with Gasteiger partial charge < -0.3 is 0 Å². The highest BCUT2D eigenvalue weighted by Gasteiger charge is 2.60. The third kappa shape index (κ3) is 2.97. The molecule has 5 rings (SSSR count). The Morgan fingerprint density at radius 2 is 1.69 bits per heavy atom. The highest BCUT2D eigenvalue weighted by molar-refractivity contribution is 5.92.